The number of imidazole rings is 1. The molecule has 0 bridgehead atoms. The fraction of sp³-hybridized carbons (Fsp3) is 0.542. The second kappa shape index (κ2) is 12.9. The first-order valence-electron chi connectivity index (χ1n) is 11.6. The molecule has 12 nitrogen and oxygen atoms in total. The van der Waals surface area contributed by atoms with Crippen LogP contribution in [0.1, 0.15) is 41.5 Å². The predicted molar refractivity (Wildman–Crippen MR) is 139 cm³/mol. The van der Waals surface area contributed by atoms with E-state index < -0.39 is 44.0 Å². The minimum Gasteiger partial charge on any atom is -0.438 e. The number of rotatable bonds is 13. The third-order valence-electron chi connectivity index (χ3n) is 4.72. The zero-order valence-electron chi connectivity index (χ0n) is 22.2. The van der Waals surface area contributed by atoms with Gasteiger partial charge in [-0.1, -0.05) is 18.2 Å². The van der Waals surface area contributed by atoms with E-state index in [-0.39, 0.29) is 6.16 Å². The van der Waals surface area contributed by atoms with Crippen molar-refractivity contribution in [2.24, 2.45) is 10.8 Å². The molecule has 0 saturated heterocycles. The van der Waals surface area contributed by atoms with Crippen molar-refractivity contribution in [1.29, 1.82) is 0 Å². The van der Waals surface area contributed by atoms with Crippen molar-refractivity contribution < 1.29 is 32.7 Å². The summed E-state index contributed by atoms with van der Waals surface area (Å²) in [6.07, 6.45) is 7.95. The molecule has 0 fully saturated rings. The Morgan fingerprint density at radius 1 is 1.00 bits per heavy atom. The molecule has 2 heterocycles. The van der Waals surface area contributed by atoms with E-state index >= 15 is 0 Å². The van der Waals surface area contributed by atoms with Gasteiger partial charge in [-0.3, -0.25) is 23.2 Å². The average Bonchev–Trinajstić information content (AvgIpc) is 3.23. The van der Waals surface area contributed by atoms with Crippen LogP contribution in [0, 0.1) is 10.8 Å². The van der Waals surface area contributed by atoms with Crippen molar-refractivity contribution in [3.8, 4) is 0 Å². The van der Waals surface area contributed by atoms with Crippen LogP contribution < -0.4 is 5.32 Å². The zero-order valence-corrected chi connectivity index (χ0v) is 23.1. The van der Waals surface area contributed by atoms with E-state index in [9.17, 15) is 14.2 Å². The number of anilines is 1. The first-order valence-corrected chi connectivity index (χ1v) is 13.4. The van der Waals surface area contributed by atoms with Crippen molar-refractivity contribution in [3.63, 3.8) is 0 Å². The van der Waals surface area contributed by atoms with Crippen LogP contribution in [0.15, 0.2) is 37.5 Å². The Balaban J connectivity index is 2.05. The van der Waals surface area contributed by atoms with Crippen LogP contribution in [0.4, 0.5) is 5.82 Å². The molecule has 37 heavy (non-hydrogen) atoms. The summed E-state index contributed by atoms with van der Waals surface area (Å²) in [6.45, 7) is 13.5. The first kappa shape index (κ1) is 30.1. The number of carbonyl (C=O) groups excluding carboxylic acids is 2. The van der Waals surface area contributed by atoms with E-state index in [0.29, 0.717) is 30.1 Å². The molecule has 1 N–H and O–H groups in total. The summed E-state index contributed by atoms with van der Waals surface area (Å²) in [5.41, 5.74) is -0.287. The van der Waals surface area contributed by atoms with E-state index in [2.05, 4.69) is 26.8 Å². The maximum Gasteiger partial charge on any atom is 0.340 e. The Morgan fingerprint density at radius 3 is 2.14 bits per heavy atom. The summed E-state index contributed by atoms with van der Waals surface area (Å²) in [4.78, 5) is 36.8. The molecule has 0 aromatic carbocycles. The monoisotopic (exact) mass is 537 g/mol. The number of hydrogen-bond donors (Lipinski definition) is 1. The first-order chi connectivity index (χ1) is 17.3. The number of fused-ring (bicyclic) bond motifs is 1. The number of nitrogens with one attached hydrogen (secondary N) is 1. The third kappa shape index (κ3) is 9.38. The van der Waals surface area contributed by atoms with Crippen LogP contribution >= 0.6 is 7.60 Å². The average molecular weight is 538 g/mol. The van der Waals surface area contributed by atoms with E-state index in [0.717, 1.165) is 0 Å². The zero-order chi connectivity index (χ0) is 27.7. The van der Waals surface area contributed by atoms with Crippen molar-refractivity contribution in [3.05, 3.63) is 37.5 Å². The number of hydrogen-bond acceptors (Lipinski definition) is 11. The topological polar surface area (TPSA) is 144 Å². The number of nitrogens with zero attached hydrogens (tertiary/aromatic N) is 4. The molecule has 0 amide bonds. The van der Waals surface area contributed by atoms with Gasteiger partial charge in [0.2, 0.25) is 13.6 Å². The van der Waals surface area contributed by atoms with Crippen molar-refractivity contribution >= 4 is 36.5 Å². The molecule has 0 spiro atoms. The van der Waals surface area contributed by atoms with E-state index in [1.54, 1.807) is 70.7 Å². The number of aromatic nitrogens is 4. The molecule has 0 unspecified atom stereocenters. The van der Waals surface area contributed by atoms with Gasteiger partial charge in [-0.25, -0.2) is 15.0 Å². The lowest BCUT2D eigenvalue weighted by atomic mass is 9.98. The molecule has 0 aliphatic carbocycles. The Morgan fingerprint density at radius 2 is 1.59 bits per heavy atom. The standard InChI is InChI=1S/C24H36N5O7P/c1-8-11-25-19-18-20(27-14-26-19)29(15-28-18)12-9-10-13-37(32,35-16-33-21(30)23(2,3)4)36-17-34-22(31)24(5,6)7/h8-10,14-15H,1,11-13,16-17H2,2-7H3,(H,25,26,27)/b10-9+. The number of carbonyl (C=O) groups is 2. The normalized spacial score (nSPS) is 12.6. The molecular weight excluding hydrogens is 501 g/mol. The smallest absolute Gasteiger partial charge is 0.340 e. The van der Waals surface area contributed by atoms with Crippen LogP contribution in [-0.2, 0) is 39.2 Å². The SMILES string of the molecule is C=CCNc1ncnc2c1ncn2C/C=C/CP(=O)(OCOC(=O)C(C)(C)C)OCOC(=O)C(C)(C)C. The molecular formula is C24H36N5O7P. The molecule has 2 aromatic rings. The van der Waals surface area contributed by atoms with E-state index in [1.807, 2.05) is 0 Å². The Labute approximate surface area is 217 Å². The summed E-state index contributed by atoms with van der Waals surface area (Å²) in [5, 5.41) is 3.11. The molecule has 0 aliphatic rings. The molecule has 0 saturated carbocycles. The van der Waals surface area contributed by atoms with Crippen molar-refractivity contribution in [2.45, 2.75) is 48.1 Å². The minimum atomic E-state index is -3.82. The number of allylic oxidation sites excluding steroid dienone is 2. The van der Waals surface area contributed by atoms with Gasteiger partial charge in [-0.2, -0.15) is 0 Å². The summed E-state index contributed by atoms with van der Waals surface area (Å²) >= 11 is 0. The number of ether oxygens (including phenoxy) is 2. The van der Waals surface area contributed by atoms with E-state index in [4.69, 9.17) is 18.5 Å². The summed E-state index contributed by atoms with van der Waals surface area (Å²) in [6, 6.07) is 0. The maximum atomic E-state index is 13.3. The fourth-order valence-corrected chi connectivity index (χ4v) is 3.72. The van der Waals surface area contributed by atoms with Crippen LogP contribution in [0.3, 0.4) is 0 Å². The molecule has 204 valence electrons. The summed E-state index contributed by atoms with van der Waals surface area (Å²) in [5.74, 6) is -0.456. The molecule has 13 heteroatoms. The largest absolute Gasteiger partial charge is 0.438 e. The molecule has 0 aliphatic heterocycles. The third-order valence-corrected chi connectivity index (χ3v) is 6.37. The quantitative estimate of drug-likeness (QED) is 0.169. The number of esters is 2. The lowest BCUT2D eigenvalue weighted by Crippen LogP contribution is -2.25. The van der Waals surface area contributed by atoms with E-state index in [1.165, 1.54) is 6.33 Å². The highest BCUT2D eigenvalue weighted by atomic mass is 31.2. The van der Waals surface area contributed by atoms with Gasteiger partial charge in [0.25, 0.3) is 0 Å². The summed E-state index contributed by atoms with van der Waals surface area (Å²) < 4.78 is 35.8. The minimum absolute atomic E-state index is 0.152. The molecule has 2 aromatic heterocycles. The second-order valence-corrected chi connectivity index (χ2v) is 12.2. The van der Waals surface area contributed by atoms with Crippen molar-refractivity contribution in [2.75, 3.05) is 31.6 Å². The Kier molecular flexibility index (Phi) is 10.5. The van der Waals surface area contributed by atoms with Gasteiger partial charge in [0.1, 0.15) is 11.8 Å². The van der Waals surface area contributed by atoms with Gasteiger partial charge in [-0.15, -0.1) is 6.58 Å². The molecule has 0 radical (unpaired) electrons. The highest BCUT2D eigenvalue weighted by Crippen LogP contribution is 2.48. The van der Waals surface area contributed by atoms with Gasteiger partial charge in [-0.05, 0) is 41.5 Å². The van der Waals surface area contributed by atoms with Crippen LogP contribution in [-0.4, -0.2) is 57.8 Å². The van der Waals surface area contributed by atoms with Crippen LogP contribution in [0.25, 0.3) is 11.2 Å². The van der Waals surface area contributed by atoms with Gasteiger partial charge in [0.05, 0.1) is 23.3 Å². The predicted octanol–water partition coefficient (Wildman–Crippen LogP) is 4.30. The van der Waals surface area contributed by atoms with Gasteiger partial charge >= 0.3 is 19.5 Å². The van der Waals surface area contributed by atoms with Crippen LogP contribution in [0.5, 0.6) is 0 Å². The molecule has 0 atom stereocenters. The second-order valence-electron chi connectivity index (χ2n) is 10.1. The lowest BCUT2D eigenvalue weighted by molar-refractivity contribution is -0.161. The van der Waals surface area contributed by atoms with Gasteiger partial charge in [0, 0.05) is 13.1 Å². The van der Waals surface area contributed by atoms with Crippen LogP contribution in [0.2, 0.25) is 0 Å². The molecule has 2 rings (SSSR count). The Bertz CT molecular complexity index is 1130. The van der Waals surface area contributed by atoms with Crippen molar-refractivity contribution in [1.82, 2.24) is 19.5 Å². The van der Waals surface area contributed by atoms with Gasteiger partial charge < -0.3 is 19.4 Å². The lowest BCUT2D eigenvalue weighted by Gasteiger charge is -2.21. The Hall–Kier alpha value is -3.08. The summed E-state index contributed by atoms with van der Waals surface area (Å²) in [7, 11) is -3.82. The maximum absolute atomic E-state index is 13.3. The highest BCUT2D eigenvalue weighted by molar-refractivity contribution is 7.54. The van der Waals surface area contributed by atoms with Gasteiger partial charge in [0.15, 0.2) is 11.5 Å². The highest BCUT2D eigenvalue weighted by Gasteiger charge is 2.29. The fourth-order valence-electron chi connectivity index (χ4n) is 2.60.